The number of carbonyl (C=O) groups excluding carboxylic acids is 1. The molecule has 3 rings (SSSR count). The summed E-state index contributed by atoms with van der Waals surface area (Å²) in [6.45, 7) is 2.05. The molecule has 102 valence electrons. The predicted molar refractivity (Wildman–Crippen MR) is 79.4 cm³/mol. The fourth-order valence-electron chi connectivity index (χ4n) is 2.17. The molecule has 0 saturated carbocycles. The van der Waals surface area contributed by atoms with E-state index >= 15 is 0 Å². The molecule has 4 N–H and O–H groups in total. The Morgan fingerprint density at radius 3 is 2.95 bits per heavy atom. The first-order valence-electron chi connectivity index (χ1n) is 6.32. The van der Waals surface area contributed by atoms with Crippen LogP contribution in [0.15, 0.2) is 36.4 Å². The summed E-state index contributed by atoms with van der Waals surface area (Å²) in [5.41, 5.74) is 10.1. The third-order valence-electron chi connectivity index (χ3n) is 3.19. The van der Waals surface area contributed by atoms with E-state index in [1.165, 1.54) is 0 Å². The first-order valence-corrected chi connectivity index (χ1v) is 6.32. The summed E-state index contributed by atoms with van der Waals surface area (Å²) in [5, 5.41) is 6.05. The number of hydrogen-bond donors (Lipinski definition) is 3. The molecule has 1 amide bonds. The summed E-state index contributed by atoms with van der Waals surface area (Å²) in [7, 11) is 0. The lowest BCUT2D eigenvalue weighted by atomic mass is 10.1. The maximum absolute atomic E-state index is 11.3. The molecule has 20 heavy (non-hydrogen) atoms. The average molecular weight is 269 g/mol. The third kappa shape index (κ3) is 2.25. The van der Waals surface area contributed by atoms with Crippen LogP contribution in [0.25, 0.3) is 0 Å². The van der Waals surface area contributed by atoms with Crippen molar-refractivity contribution in [2.24, 2.45) is 0 Å². The van der Waals surface area contributed by atoms with Crippen molar-refractivity contribution in [2.75, 3.05) is 23.0 Å². The normalized spacial score (nSPS) is 13.2. The Kier molecular flexibility index (Phi) is 2.95. The highest BCUT2D eigenvalue weighted by Crippen LogP contribution is 2.33. The molecule has 1 aliphatic rings. The average Bonchev–Trinajstić information content (AvgIpc) is 2.42. The standard InChI is InChI=1S/C15H15N3O2/c1-9-3-2-4-11(16)15(9)17-10-5-6-13-12(7-10)18-14(19)8-20-13/h2-7,17H,8,16H2,1H3,(H,18,19). The number of nitrogens with one attached hydrogen (secondary N) is 2. The maximum atomic E-state index is 11.3. The zero-order chi connectivity index (χ0) is 14.1. The summed E-state index contributed by atoms with van der Waals surface area (Å²) < 4.78 is 5.32. The number of nitrogen functional groups attached to an aromatic ring is 1. The van der Waals surface area contributed by atoms with E-state index in [0.29, 0.717) is 17.1 Å². The molecule has 0 saturated heterocycles. The van der Waals surface area contributed by atoms with E-state index in [-0.39, 0.29) is 12.5 Å². The summed E-state index contributed by atoms with van der Waals surface area (Å²) in [4.78, 5) is 11.3. The number of ether oxygens (including phenoxy) is 1. The number of fused-ring (bicyclic) bond motifs is 1. The topological polar surface area (TPSA) is 76.4 Å². The highest BCUT2D eigenvalue weighted by atomic mass is 16.5. The predicted octanol–water partition coefficient (Wildman–Crippen LogP) is 2.65. The minimum atomic E-state index is -0.148. The van der Waals surface area contributed by atoms with Gasteiger partial charge >= 0.3 is 0 Å². The van der Waals surface area contributed by atoms with Gasteiger partial charge in [-0.05, 0) is 36.8 Å². The van der Waals surface area contributed by atoms with Crippen molar-refractivity contribution >= 4 is 28.7 Å². The van der Waals surface area contributed by atoms with Gasteiger partial charge in [0, 0.05) is 5.69 Å². The van der Waals surface area contributed by atoms with Gasteiger partial charge in [-0.15, -0.1) is 0 Å². The van der Waals surface area contributed by atoms with Crippen LogP contribution in [0.5, 0.6) is 5.75 Å². The van der Waals surface area contributed by atoms with Crippen molar-refractivity contribution in [3.05, 3.63) is 42.0 Å². The van der Waals surface area contributed by atoms with Gasteiger partial charge in [0.05, 0.1) is 17.1 Å². The Bertz CT molecular complexity index is 663. The highest BCUT2D eigenvalue weighted by Gasteiger charge is 2.16. The van der Waals surface area contributed by atoms with Crippen molar-refractivity contribution in [2.45, 2.75) is 6.92 Å². The molecule has 1 aliphatic heterocycles. The van der Waals surface area contributed by atoms with Crippen molar-refractivity contribution in [1.82, 2.24) is 0 Å². The summed E-state index contributed by atoms with van der Waals surface area (Å²) in [6.07, 6.45) is 0. The number of para-hydroxylation sites is 1. The van der Waals surface area contributed by atoms with E-state index in [0.717, 1.165) is 16.9 Å². The molecule has 0 aromatic heterocycles. The SMILES string of the molecule is Cc1cccc(N)c1Nc1ccc2c(c1)NC(=O)CO2. The largest absolute Gasteiger partial charge is 0.482 e. The lowest BCUT2D eigenvalue weighted by Crippen LogP contribution is -2.25. The van der Waals surface area contributed by atoms with E-state index in [4.69, 9.17) is 10.5 Å². The first-order chi connectivity index (χ1) is 9.63. The molecule has 2 aromatic rings. The lowest BCUT2D eigenvalue weighted by Gasteiger charge is -2.19. The minimum Gasteiger partial charge on any atom is -0.482 e. The number of rotatable bonds is 2. The molecular formula is C15H15N3O2. The van der Waals surface area contributed by atoms with E-state index in [1.807, 2.05) is 43.3 Å². The second-order valence-electron chi connectivity index (χ2n) is 4.71. The summed E-state index contributed by atoms with van der Waals surface area (Å²) in [6, 6.07) is 11.3. The number of carbonyl (C=O) groups is 1. The zero-order valence-corrected chi connectivity index (χ0v) is 11.1. The van der Waals surface area contributed by atoms with Crippen molar-refractivity contribution in [1.29, 1.82) is 0 Å². The van der Waals surface area contributed by atoms with Crippen molar-refractivity contribution in [3.8, 4) is 5.75 Å². The fraction of sp³-hybridized carbons (Fsp3) is 0.133. The third-order valence-corrected chi connectivity index (χ3v) is 3.19. The van der Waals surface area contributed by atoms with E-state index in [2.05, 4.69) is 10.6 Å². The van der Waals surface area contributed by atoms with Crippen LogP contribution in [0, 0.1) is 6.92 Å². The van der Waals surface area contributed by atoms with Crippen LogP contribution in [-0.4, -0.2) is 12.5 Å². The number of nitrogens with two attached hydrogens (primary N) is 1. The van der Waals surface area contributed by atoms with Crippen LogP contribution in [0.2, 0.25) is 0 Å². The van der Waals surface area contributed by atoms with E-state index in [9.17, 15) is 4.79 Å². The van der Waals surface area contributed by atoms with Gasteiger partial charge in [-0.1, -0.05) is 12.1 Å². The number of hydrogen-bond acceptors (Lipinski definition) is 4. The summed E-state index contributed by atoms with van der Waals surface area (Å²) in [5.74, 6) is 0.526. The second-order valence-corrected chi connectivity index (χ2v) is 4.71. The van der Waals surface area contributed by atoms with Gasteiger partial charge in [-0.2, -0.15) is 0 Å². The fourth-order valence-corrected chi connectivity index (χ4v) is 2.17. The van der Waals surface area contributed by atoms with E-state index in [1.54, 1.807) is 0 Å². The summed E-state index contributed by atoms with van der Waals surface area (Å²) >= 11 is 0. The molecule has 1 heterocycles. The van der Waals surface area contributed by atoms with Crippen LogP contribution in [-0.2, 0) is 4.79 Å². The van der Waals surface area contributed by atoms with Crippen molar-refractivity contribution < 1.29 is 9.53 Å². The number of aryl methyl sites for hydroxylation is 1. The monoisotopic (exact) mass is 269 g/mol. The quantitative estimate of drug-likeness (QED) is 0.732. The molecule has 0 spiro atoms. The van der Waals surface area contributed by atoms with Crippen molar-refractivity contribution in [3.63, 3.8) is 0 Å². The molecule has 0 unspecified atom stereocenters. The number of benzene rings is 2. The molecule has 0 fully saturated rings. The van der Waals surface area contributed by atoms with Gasteiger partial charge in [0.1, 0.15) is 5.75 Å². The van der Waals surface area contributed by atoms with Crippen LogP contribution >= 0.6 is 0 Å². The van der Waals surface area contributed by atoms with Gasteiger partial charge < -0.3 is 21.1 Å². The van der Waals surface area contributed by atoms with Gasteiger partial charge in [-0.25, -0.2) is 0 Å². The Hall–Kier alpha value is -2.69. The highest BCUT2D eigenvalue weighted by molar-refractivity contribution is 5.96. The molecule has 0 atom stereocenters. The Labute approximate surface area is 116 Å². The van der Waals surface area contributed by atoms with Crippen LogP contribution in [0.1, 0.15) is 5.56 Å². The Morgan fingerprint density at radius 1 is 1.30 bits per heavy atom. The second kappa shape index (κ2) is 4.77. The Balaban J connectivity index is 1.92. The first kappa shape index (κ1) is 12.3. The lowest BCUT2D eigenvalue weighted by molar-refractivity contribution is -0.118. The Morgan fingerprint density at radius 2 is 2.15 bits per heavy atom. The van der Waals surface area contributed by atoms with E-state index < -0.39 is 0 Å². The van der Waals surface area contributed by atoms with Crippen LogP contribution in [0.3, 0.4) is 0 Å². The van der Waals surface area contributed by atoms with Gasteiger partial charge in [0.15, 0.2) is 6.61 Å². The molecule has 5 nitrogen and oxygen atoms in total. The van der Waals surface area contributed by atoms with Crippen LogP contribution in [0.4, 0.5) is 22.7 Å². The number of anilines is 4. The molecule has 2 aromatic carbocycles. The zero-order valence-electron chi connectivity index (χ0n) is 11.1. The molecule has 0 aliphatic carbocycles. The van der Waals surface area contributed by atoms with Crippen LogP contribution < -0.4 is 21.1 Å². The smallest absolute Gasteiger partial charge is 0.262 e. The molecule has 0 bridgehead atoms. The number of amides is 1. The van der Waals surface area contributed by atoms with Gasteiger partial charge in [0.2, 0.25) is 0 Å². The van der Waals surface area contributed by atoms with Gasteiger partial charge in [0.25, 0.3) is 5.91 Å². The maximum Gasteiger partial charge on any atom is 0.262 e. The van der Waals surface area contributed by atoms with Gasteiger partial charge in [-0.3, -0.25) is 4.79 Å². The molecular weight excluding hydrogens is 254 g/mol. The molecule has 0 radical (unpaired) electrons. The minimum absolute atomic E-state index is 0.0600. The molecule has 5 heteroatoms.